The molecule has 0 heteroatoms. The van der Waals surface area contributed by atoms with E-state index in [0.29, 0.717) is 0 Å². The van der Waals surface area contributed by atoms with Crippen molar-refractivity contribution in [1.82, 2.24) is 0 Å². The molecule has 0 spiro atoms. The minimum atomic E-state index is 1.12. The summed E-state index contributed by atoms with van der Waals surface area (Å²) in [6.07, 6.45) is 5.51. The lowest BCUT2D eigenvalue weighted by atomic mass is 9.96. The van der Waals surface area contributed by atoms with Crippen molar-refractivity contribution in [3.8, 4) is 0 Å². The third kappa shape index (κ3) is 2.47. The summed E-state index contributed by atoms with van der Waals surface area (Å²) in [6, 6.07) is 4.49. The second-order valence-electron chi connectivity index (χ2n) is 3.97. The highest BCUT2D eigenvalue weighted by Gasteiger charge is 2.02. The molecule has 0 radical (unpaired) electrons. The Kier molecular flexibility index (Phi) is 3.94. The van der Waals surface area contributed by atoms with Crippen LogP contribution in [0.4, 0.5) is 0 Å². The number of aryl methyl sites for hydroxylation is 2. The van der Waals surface area contributed by atoms with Crippen molar-refractivity contribution in [1.29, 1.82) is 0 Å². The SMILES string of the molecule is C=CCCCc1ccc(C)c(C)c1C. The maximum Gasteiger partial charge on any atom is -0.0273 e. The summed E-state index contributed by atoms with van der Waals surface area (Å²) in [4.78, 5) is 0. The standard InChI is InChI=1S/C14H20/c1-5-6-7-8-14-10-9-11(2)12(3)13(14)4/h5,9-10H,1,6-8H2,2-4H3. The van der Waals surface area contributed by atoms with Gasteiger partial charge < -0.3 is 0 Å². The van der Waals surface area contributed by atoms with Gasteiger partial charge in [0.2, 0.25) is 0 Å². The van der Waals surface area contributed by atoms with E-state index in [1.54, 1.807) is 0 Å². The van der Waals surface area contributed by atoms with Gasteiger partial charge in [0.05, 0.1) is 0 Å². The number of allylic oxidation sites excluding steroid dienone is 1. The topological polar surface area (TPSA) is 0 Å². The monoisotopic (exact) mass is 188 g/mol. The average Bonchev–Trinajstić information content (AvgIpc) is 2.18. The van der Waals surface area contributed by atoms with E-state index in [4.69, 9.17) is 0 Å². The van der Waals surface area contributed by atoms with Gasteiger partial charge in [0.25, 0.3) is 0 Å². The number of hydrogen-bond acceptors (Lipinski definition) is 0. The average molecular weight is 188 g/mol. The van der Waals surface area contributed by atoms with Crippen LogP contribution in [-0.2, 0) is 6.42 Å². The van der Waals surface area contributed by atoms with Crippen LogP contribution >= 0.6 is 0 Å². The molecule has 0 aliphatic heterocycles. The first-order chi connectivity index (χ1) is 6.66. The van der Waals surface area contributed by atoms with Crippen LogP contribution in [0.1, 0.15) is 35.1 Å². The van der Waals surface area contributed by atoms with Crippen LogP contribution in [0.5, 0.6) is 0 Å². The third-order valence-electron chi connectivity index (χ3n) is 3.02. The molecular weight excluding hydrogens is 168 g/mol. The molecule has 76 valence electrons. The molecule has 0 amide bonds. The molecule has 1 aromatic carbocycles. The zero-order valence-corrected chi connectivity index (χ0v) is 9.56. The van der Waals surface area contributed by atoms with E-state index < -0.39 is 0 Å². The number of benzene rings is 1. The lowest BCUT2D eigenvalue weighted by molar-refractivity contribution is 0.836. The lowest BCUT2D eigenvalue weighted by Gasteiger charge is -2.10. The summed E-state index contributed by atoms with van der Waals surface area (Å²) >= 11 is 0. The third-order valence-corrected chi connectivity index (χ3v) is 3.02. The molecule has 0 unspecified atom stereocenters. The molecule has 0 saturated carbocycles. The molecule has 0 saturated heterocycles. The van der Waals surface area contributed by atoms with Crippen molar-refractivity contribution >= 4 is 0 Å². The smallest absolute Gasteiger partial charge is 0.0273 e. The molecule has 1 aromatic rings. The fourth-order valence-corrected chi connectivity index (χ4v) is 1.72. The molecule has 0 N–H and O–H groups in total. The van der Waals surface area contributed by atoms with Gasteiger partial charge in [-0.25, -0.2) is 0 Å². The first-order valence-corrected chi connectivity index (χ1v) is 5.33. The largest absolute Gasteiger partial charge is 0.103 e. The molecule has 1 rings (SSSR count). The zero-order valence-electron chi connectivity index (χ0n) is 9.56. The second-order valence-corrected chi connectivity index (χ2v) is 3.97. The molecule has 14 heavy (non-hydrogen) atoms. The van der Waals surface area contributed by atoms with Crippen LogP contribution in [0.2, 0.25) is 0 Å². The zero-order chi connectivity index (χ0) is 10.6. The van der Waals surface area contributed by atoms with Gasteiger partial charge in [-0.3, -0.25) is 0 Å². The summed E-state index contributed by atoms with van der Waals surface area (Å²) in [5.74, 6) is 0. The maximum absolute atomic E-state index is 3.75. The highest BCUT2D eigenvalue weighted by molar-refractivity contribution is 5.38. The van der Waals surface area contributed by atoms with Gasteiger partial charge in [-0.05, 0) is 62.3 Å². The number of hydrogen-bond donors (Lipinski definition) is 0. The Morgan fingerprint density at radius 2 is 1.86 bits per heavy atom. The van der Waals surface area contributed by atoms with E-state index in [1.165, 1.54) is 35.1 Å². The van der Waals surface area contributed by atoms with Gasteiger partial charge in [0.15, 0.2) is 0 Å². The fourth-order valence-electron chi connectivity index (χ4n) is 1.72. The summed E-state index contributed by atoms with van der Waals surface area (Å²) in [5.41, 5.74) is 5.81. The first kappa shape index (κ1) is 11.0. The van der Waals surface area contributed by atoms with E-state index in [0.717, 1.165) is 6.42 Å². The van der Waals surface area contributed by atoms with Gasteiger partial charge in [0.1, 0.15) is 0 Å². The lowest BCUT2D eigenvalue weighted by Crippen LogP contribution is -1.94. The maximum atomic E-state index is 3.75. The number of rotatable bonds is 4. The highest BCUT2D eigenvalue weighted by atomic mass is 14.1. The predicted octanol–water partition coefficient (Wildman–Crippen LogP) is 4.12. The van der Waals surface area contributed by atoms with E-state index in [1.807, 2.05) is 6.08 Å². The van der Waals surface area contributed by atoms with Crippen LogP contribution in [0.25, 0.3) is 0 Å². The summed E-state index contributed by atoms with van der Waals surface area (Å²) in [5, 5.41) is 0. The normalized spacial score (nSPS) is 10.2. The van der Waals surface area contributed by atoms with Crippen molar-refractivity contribution < 1.29 is 0 Å². The molecule has 0 bridgehead atoms. The van der Waals surface area contributed by atoms with Crippen LogP contribution in [0.3, 0.4) is 0 Å². The van der Waals surface area contributed by atoms with Gasteiger partial charge in [-0.1, -0.05) is 18.2 Å². The van der Waals surface area contributed by atoms with Crippen LogP contribution in [0.15, 0.2) is 24.8 Å². The van der Waals surface area contributed by atoms with Crippen molar-refractivity contribution in [2.45, 2.75) is 40.0 Å². The van der Waals surface area contributed by atoms with Crippen molar-refractivity contribution in [3.63, 3.8) is 0 Å². The number of unbranched alkanes of at least 4 members (excludes halogenated alkanes) is 1. The van der Waals surface area contributed by atoms with Gasteiger partial charge in [-0.2, -0.15) is 0 Å². The van der Waals surface area contributed by atoms with Crippen molar-refractivity contribution in [2.75, 3.05) is 0 Å². The molecule has 0 aromatic heterocycles. The quantitative estimate of drug-likeness (QED) is 0.492. The molecular formula is C14H20. The van der Waals surface area contributed by atoms with E-state index in [9.17, 15) is 0 Å². The fraction of sp³-hybridized carbons (Fsp3) is 0.429. The minimum absolute atomic E-state index is 1.12. The van der Waals surface area contributed by atoms with Crippen LogP contribution in [0, 0.1) is 20.8 Å². The second kappa shape index (κ2) is 4.99. The van der Waals surface area contributed by atoms with Crippen molar-refractivity contribution in [2.24, 2.45) is 0 Å². The summed E-state index contributed by atoms with van der Waals surface area (Å²) < 4.78 is 0. The Labute approximate surface area is 87.7 Å². The molecule has 0 aliphatic rings. The molecule has 0 fully saturated rings. The molecule has 0 aliphatic carbocycles. The first-order valence-electron chi connectivity index (χ1n) is 5.33. The Bertz CT molecular complexity index is 321. The molecule has 0 heterocycles. The van der Waals surface area contributed by atoms with E-state index >= 15 is 0 Å². The molecule has 0 nitrogen and oxygen atoms in total. The summed E-state index contributed by atoms with van der Waals surface area (Å²) in [6.45, 7) is 10.4. The highest BCUT2D eigenvalue weighted by Crippen LogP contribution is 2.18. The predicted molar refractivity (Wildman–Crippen MR) is 63.8 cm³/mol. The van der Waals surface area contributed by atoms with Gasteiger partial charge in [0, 0.05) is 0 Å². The Morgan fingerprint density at radius 3 is 2.50 bits per heavy atom. The summed E-state index contributed by atoms with van der Waals surface area (Å²) in [7, 11) is 0. The van der Waals surface area contributed by atoms with Crippen LogP contribution in [-0.4, -0.2) is 0 Å². The van der Waals surface area contributed by atoms with Crippen LogP contribution < -0.4 is 0 Å². The van der Waals surface area contributed by atoms with Crippen molar-refractivity contribution in [3.05, 3.63) is 47.0 Å². The van der Waals surface area contributed by atoms with E-state index in [2.05, 4.69) is 39.5 Å². The van der Waals surface area contributed by atoms with Gasteiger partial charge >= 0.3 is 0 Å². The molecule has 0 atom stereocenters. The minimum Gasteiger partial charge on any atom is -0.103 e. The van der Waals surface area contributed by atoms with E-state index in [-0.39, 0.29) is 0 Å². The Hall–Kier alpha value is -1.04. The van der Waals surface area contributed by atoms with Gasteiger partial charge in [-0.15, -0.1) is 6.58 Å². The Morgan fingerprint density at radius 1 is 1.14 bits per heavy atom. The Balaban J connectivity index is 2.78.